The van der Waals surface area contributed by atoms with Gasteiger partial charge in [0, 0.05) is 16.0 Å². The molecule has 0 bridgehead atoms. The maximum absolute atomic E-state index is 13.0. The van der Waals surface area contributed by atoms with Gasteiger partial charge < -0.3 is 0 Å². The van der Waals surface area contributed by atoms with E-state index in [1.165, 1.54) is 36.0 Å². The maximum Gasteiger partial charge on any atom is 0.416 e. The third-order valence-corrected chi connectivity index (χ3v) is 4.96. The van der Waals surface area contributed by atoms with Gasteiger partial charge in [-0.25, -0.2) is 4.98 Å². The van der Waals surface area contributed by atoms with Crippen LogP contribution in [0.4, 0.5) is 26.3 Å². The van der Waals surface area contributed by atoms with E-state index in [1.54, 1.807) is 12.1 Å². The molecule has 0 saturated carbocycles. The summed E-state index contributed by atoms with van der Waals surface area (Å²) in [6.07, 6.45) is -8.93. The first-order valence-corrected chi connectivity index (χ1v) is 9.56. The molecule has 0 aliphatic heterocycles. The van der Waals surface area contributed by atoms with Crippen LogP contribution in [0.15, 0.2) is 65.6 Å². The van der Waals surface area contributed by atoms with Crippen LogP contribution in [0, 0.1) is 0 Å². The molecule has 0 amide bonds. The van der Waals surface area contributed by atoms with Crippen LogP contribution >= 0.6 is 11.8 Å². The summed E-state index contributed by atoms with van der Waals surface area (Å²) in [5, 5.41) is 0. The SMILES string of the molecule is CCSc1cc(-c2ccc(C(F)(F)F)cc2)nc(-c2cccc(C(F)(F)F)c2)c1. The number of thioether (sulfide) groups is 1. The van der Waals surface area contributed by atoms with Crippen LogP contribution in [-0.2, 0) is 12.4 Å². The Kier molecular flexibility index (Phi) is 5.93. The van der Waals surface area contributed by atoms with Crippen LogP contribution in [0.5, 0.6) is 0 Å². The molecule has 3 aromatic rings. The molecule has 29 heavy (non-hydrogen) atoms. The smallest absolute Gasteiger partial charge is 0.248 e. The molecule has 0 aliphatic rings. The van der Waals surface area contributed by atoms with Crippen LogP contribution in [0.2, 0.25) is 0 Å². The summed E-state index contributed by atoms with van der Waals surface area (Å²) < 4.78 is 77.5. The molecule has 0 spiro atoms. The number of benzene rings is 2. The highest BCUT2D eigenvalue weighted by atomic mass is 32.2. The number of rotatable bonds is 4. The standard InChI is InChI=1S/C21H15F6NS/c1-2-29-17-11-18(13-6-8-15(9-7-13)20(22,23)24)28-19(12-17)14-4-3-5-16(10-14)21(25,26)27/h3-12H,2H2,1H3. The zero-order valence-corrected chi connectivity index (χ0v) is 15.9. The van der Waals surface area contributed by atoms with Crippen LogP contribution in [-0.4, -0.2) is 10.7 Å². The van der Waals surface area contributed by atoms with Crippen molar-refractivity contribution in [1.29, 1.82) is 0 Å². The molecule has 1 aromatic heterocycles. The summed E-state index contributed by atoms with van der Waals surface area (Å²) in [6, 6.07) is 12.7. The number of nitrogens with zero attached hydrogens (tertiary/aromatic N) is 1. The van der Waals surface area contributed by atoms with E-state index < -0.39 is 23.5 Å². The predicted octanol–water partition coefficient (Wildman–Crippen LogP) is 7.57. The second-order valence-corrected chi connectivity index (χ2v) is 7.50. The molecule has 1 nitrogen and oxygen atoms in total. The maximum atomic E-state index is 13.0. The fourth-order valence-electron chi connectivity index (χ4n) is 2.74. The van der Waals surface area contributed by atoms with Gasteiger partial charge in [0.15, 0.2) is 0 Å². The number of hydrogen-bond donors (Lipinski definition) is 0. The van der Waals surface area contributed by atoms with E-state index in [0.717, 1.165) is 34.9 Å². The quantitative estimate of drug-likeness (QED) is 0.315. The summed E-state index contributed by atoms with van der Waals surface area (Å²) in [5.41, 5.74) is -0.120. The highest BCUT2D eigenvalue weighted by Gasteiger charge is 2.31. The summed E-state index contributed by atoms with van der Waals surface area (Å²) in [7, 11) is 0. The molecule has 152 valence electrons. The van der Waals surface area contributed by atoms with Crippen molar-refractivity contribution >= 4 is 11.8 Å². The van der Waals surface area contributed by atoms with Gasteiger partial charge in [-0.1, -0.05) is 31.2 Å². The number of hydrogen-bond acceptors (Lipinski definition) is 2. The van der Waals surface area contributed by atoms with Gasteiger partial charge in [0.25, 0.3) is 0 Å². The lowest BCUT2D eigenvalue weighted by Crippen LogP contribution is -2.05. The Morgan fingerprint density at radius 3 is 1.86 bits per heavy atom. The molecule has 0 saturated heterocycles. The second-order valence-electron chi connectivity index (χ2n) is 6.16. The van der Waals surface area contributed by atoms with E-state index in [9.17, 15) is 26.3 Å². The molecule has 1 heterocycles. The highest BCUT2D eigenvalue weighted by Crippen LogP contribution is 2.35. The lowest BCUT2D eigenvalue weighted by Gasteiger charge is -2.12. The normalized spacial score (nSPS) is 12.2. The second kappa shape index (κ2) is 8.10. The van der Waals surface area contributed by atoms with E-state index in [0.29, 0.717) is 17.0 Å². The third kappa shape index (κ3) is 5.12. The lowest BCUT2D eigenvalue weighted by molar-refractivity contribution is -0.138. The molecule has 2 aromatic carbocycles. The zero-order valence-electron chi connectivity index (χ0n) is 15.1. The Labute approximate surface area is 167 Å². The van der Waals surface area contributed by atoms with Gasteiger partial charge >= 0.3 is 12.4 Å². The molecule has 3 rings (SSSR count). The van der Waals surface area contributed by atoms with Gasteiger partial charge in [0.1, 0.15) is 0 Å². The van der Waals surface area contributed by atoms with E-state index in [-0.39, 0.29) is 5.56 Å². The van der Waals surface area contributed by atoms with Gasteiger partial charge in [0.2, 0.25) is 0 Å². The monoisotopic (exact) mass is 427 g/mol. The average Bonchev–Trinajstić information content (AvgIpc) is 2.67. The van der Waals surface area contributed by atoms with Crippen molar-refractivity contribution in [3.8, 4) is 22.5 Å². The van der Waals surface area contributed by atoms with E-state index in [2.05, 4.69) is 4.98 Å². The first-order valence-electron chi connectivity index (χ1n) is 8.58. The summed E-state index contributed by atoms with van der Waals surface area (Å²) >= 11 is 1.47. The van der Waals surface area contributed by atoms with Crippen LogP contribution in [0.1, 0.15) is 18.1 Å². The third-order valence-electron chi connectivity index (χ3n) is 4.10. The Balaban J connectivity index is 2.07. The fourth-order valence-corrected chi connectivity index (χ4v) is 3.46. The highest BCUT2D eigenvalue weighted by molar-refractivity contribution is 7.99. The van der Waals surface area contributed by atoms with E-state index >= 15 is 0 Å². The average molecular weight is 427 g/mol. The van der Waals surface area contributed by atoms with Crippen molar-refractivity contribution in [2.24, 2.45) is 0 Å². The number of aromatic nitrogens is 1. The first kappa shape index (κ1) is 21.2. The van der Waals surface area contributed by atoms with Gasteiger partial charge in [-0.05, 0) is 42.2 Å². The molecule has 0 radical (unpaired) electrons. The van der Waals surface area contributed by atoms with Crippen molar-refractivity contribution in [3.05, 3.63) is 71.8 Å². The molecule has 0 fully saturated rings. The molecule has 0 aliphatic carbocycles. The Bertz CT molecular complexity index is 993. The molecule has 8 heteroatoms. The minimum atomic E-state index is -4.48. The van der Waals surface area contributed by atoms with E-state index in [4.69, 9.17) is 0 Å². The largest absolute Gasteiger partial charge is 0.416 e. The van der Waals surface area contributed by atoms with Crippen molar-refractivity contribution in [3.63, 3.8) is 0 Å². The first-order chi connectivity index (χ1) is 13.6. The zero-order chi connectivity index (χ0) is 21.2. The molecular formula is C21H15F6NS. The fraction of sp³-hybridized carbons (Fsp3) is 0.190. The number of alkyl halides is 6. The lowest BCUT2D eigenvalue weighted by atomic mass is 10.0. The Morgan fingerprint density at radius 1 is 0.724 bits per heavy atom. The molecular weight excluding hydrogens is 412 g/mol. The van der Waals surface area contributed by atoms with Gasteiger partial charge in [0.05, 0.1) is 22.5 Å². The van der Waals surface area contributed by atoms with Crippen LogP contribution < -0.4 is 0 Å². The van der Waals surface area contributed by atoms with Gasteiger partial charge in [-0.2, -0.15) is 26.3 Å². The Hall–Kier alpha value is -2.48. The summed E-state index contributed by atoms with van der Waals surface area (Å²) in [5.74, 6) is 0.721. The van der Waals surface area contributed by atoms with Crippen molar-refractivity contribution in [1.82, 2.24) is 4.98 Å². The van der Waals surface area contributed by atoms with E-state index in [1.807, 2.05) is 6.92 Å². The predicted molar refractivity (Wildman–Crippen MR) is 102 cm³/mol. The van der Waals surface area contributed by atoms with Gasteiger partial charge in [-0.3, -0.25) is 0 Å². The molecule has 0 atom stereocenters. The molecule has 0 N–H and O–H groups in total. The summed E-state index contributed by atoms with van der Waals surface area (Å²) in [4.78, 5) is 5.18. The van der Waals surface area contributed by atoms with Crippen molar-refractivity contribution in [2.45, 2.75) is 24.2 Å². The van der Waals surface area contributed by atoms with Crippen molar-refractivity contribution in [2.75, 3.05) is 5.75 Å². The number of pyridine rings is 1. The van der Waals surface area contributed by atoms with Crippen LogP contribution in [0.25, 0.3) is 22.5 Å². The van der Waals surface area contributed by atoms with Gasteiger partial charge in [-0.15, -0.1) is 11.8 Å². The topological polar surface area (TPSA) is 12.9 Å². The molecule has 0 unspecified atom stereocenters. The van der Waals surface area contributed by atoms with Crippen LogP contribution in [0.3, 0.4) is 0 Å². The summed E-state index contributed by atoms with van der Waals surface area (Å²) in [6.45, 7) is 1.92. The Morgan fingerprint density at radius 2 is 1.31 bits per heavy atom. The van der Waals surface area contributed by atoms with Crippen molar-refractivity contribution < 1.29 is 26.3 Å². The minimum absolute atomic E-state index is 0.284. The number of halogens is 6. The minimum Gasteiger partial charge on any atom is -0.248 e.